The Kier molecular flexibility index (Phi) is 9.73. The summed E-state index contributed by atoms with van der Waals surface area (Å²) in [7, 11) is 4.20. The average molecular weight is 497 g/mol. The highest BCUT2D eigenvalue weighted by atomic mass is 19.1. The van der Waals surface area contributed by atoms with E-state index in [9.17, 15) is 23.6 Å². The average Bonchev–Trinajstić information content (AvgIpc) is 2.77. The van der Waals surface area contributed by atoms with E-state index in [2.05, 4.69) is 5.32 Å². The number of amides is 3. The van der Waals surface area contributed by atoms with Crippen LogP contribution in [0.15, 0.2) is 18.2 Å². The Hall–Kier alpha value is -3.05. The lowest BCUT2D eigenvalue weighted by Gasteiger charge is -2.35. The molecular formula is C24H33FN2O8. The highest BCUT2D eigenvalue weighted by Crippen LogP contribution is 2.30. The van der Waals surface area contributed by atoms with Gasteiger partial charge in [-0.2, -0.15) is 0 Å². The molecule has 10 nitrogen and oxygen atoms in total. The number of ketones is 1. The zero-order valence-electron chi connectivity index (χ0n) is 20.9. The predicted octanol–water partition coefficient (Wildman–Crippen LogP) is 3.14. The Morgan fingerprint density at radius 1 is 1.17 bits per heavy atom. The molecule has 35 heavy (non-hydrogen) atoms. The van der Waals surface area contributed by atoms with Crippen LogP contribution in [-0.2, 0) is 28.6 Å². The van der Waals surface area contributed by atoms with Gasteiger partial charge in [-0.25, -0.2) is 14.1 Å². The number of nitrogens with zero attached hydrogens (tertiary/aromatic N) is 1. The number of ether oxygens (including phenoxy) is 4. The smallest absolute Gasteiger partial charge is 0.417 e. The molecule has 0 aliphatic carbocycles. The van der Waals surface area contributed by atoms with Crippen molar-refractivity contribution < 1.29 is 42.5 Å². The second kappa shape index (κ2) is 12.1. The van der Waals surface area contributed by atoms with Crippen molar-refractivity contribution in [3.05, 3.63) is 24.0 Å². The van der Waals surface area contributed by atoms with Crippen molar-refractivity contribution in [3.63, 3.8) is 0 Å². The number of piperidine rings is 1. The van der Waals surface area contributed by atoms with Crippen LogP contribution in [0, 0.1) is 17.7 Å². The topological polar surface area (TPSA) is 120 Å². The van der Waals surface area contributed by atoms with Crippen LogP contribution in [0.3, 0.4) is 0 Å². The minimum absolute atomic E-state index is 0.0490. The van der Waals surface area contributed by atoms with Gasteiger partial charge in [0.15, 0.2) is 29.6 Å². The summed E-state index contributed by atoms with van der Waals surface area (Å²) in [4.78, 5) is 53.0. The van der Waals surface area contributed by atoms with Gasteiger partial charge in [0.25, 0.3) is 5.91 Å². The van der Waals surface area contributed by atoms with E-state index in [1.807, 2.05) is 0 Å². The molecule has 2 rings (SSSR count). The minimum atomic E-state index is -1.81. The third kappa shape index (κ3) is 7.22. The summed E-state index contributed by atoms with van der Waals surface area (Å²) in [5.41, 5.74) is -0.947. The molecule has 1 aliphatic heterocycles. The number of halogens is 1. The molecule has 2 unspecified atom stereocenters. The molecule has 1 aromatic carbocycles. The molecule has 11 heteroatoms. The highest BCUT2D eigenvalue weighted by molar-refractivity contribution is 6.25. The molecule has 0 saturated carbocycles. The third-order valence-electron chi connectivity index (χ3n) is 5.43. The molecule has 1 aromatic rings. The number of methoxy groups -OCH3 is 3. The van der Waals surface area contributed by atoms with Gasteiger partial charge in [-0.1, -0.05) is 6.07 Å². The van der Waals surface area contributed by atoms with Crippen LogP contribution in [-0.4, -0.2) is 68.4 Å². The number of imide groups is 1. The second-order valence-corrected chi connectivity index (χ2v) is 9.10. The first-order chi connectivity index (χ1) is 16.4. The summed E-state index contributed by atoms with van der Waals surface area (Å²) >= 11 is 0. The molecule has 0 bridgehead atoms. The molecule has 1 aliphatic rings. The fourth-order valence-electron chi connectivity index (χ4n) is 3.75. The molecule has 1 fully saturated rings. The van der Waals surface area contributed by atoms with Crippen LogP contribution in [0.5, 0.6) is 5.75 Å². The number of hydrogen-bond acceptors (Lipinski definition) is 8. The summed E-state index contributed by atoms with van der Waals surface area (Å²) in [6, 6.07) is 3.85. The molecule has 1 N–H and O–H groups in total. The van der Waals surface area contributed by atoms with Crippen LogP contribution in [0.2, 0.25) is 0 Å². The number of rotatable bonds is 9. The first-order valence-electron chi connectivity index (χ1n) is 11.2. The van der Waals surface area contributed by atoms with Crippen molar-refractivity contribution in [2.45, 2.75) is 51.9 Å². The Labute approximate surface area is 204 Å². The number of carbonyl (C=O) groups excluding carboxylic acids is 4. The molecule has 0 aromatic heterocycles. The monoisotopic (exact) mass is 496 g/mol. The molecule has 0 spiro atoms. The lowest BCUT2D eigenvalue weighted by atomic mass is 9.83. The van der Waals surface area contributed by atoms with Gasteiger partial charge in [0.2, 0.25) is 5.91 Å². The molecule has 194 valence electrons. The van der Waals surface area contributed by atoms with Gasteiger partial charge in [-0.05, 0) is 52.2 Å². The molecular weight excluding hydrogens is 463 g/mol. The van der Waals surface area contributed by atoms with Crippen molar-refractivity contribution in [1.29, 1.82) is 0 Å². The van der Waals surface area contributed by atoms with Crippen LogP contribution >= 0.6 is 0 Å². The van der Waals surface area contributed by atoms with E-state index in [-0.39, 0.29) is 24.4 Å². The van der Waals surface area contributed by atoms with E-state index in [1.54, 1.807) is 20.8 Å². The minimum Gasteiger partial charge on any atom is -0.492 e. The van der Waals surface area contributed by atoms with Crippen molar-refractivity contribution in [3.8, 4) is 5.75 Å². The largest absolute Gasteiger partial charge is 0.492 e. The first-order valence-corrected chi connectivity index (χ1v) is 11.2. The fourth-order valence-corrected chi connectivity index (χ4v) is 3.75. The van der Waals surface area contributed by atoms with Crippen LogP contribution in [0.1, 0.15) is 40.0 Å². The number of carbonyl (C=O) groups is 4. The van der Waals surface area contributed by atoms with Gasteiger partial charge in [0, 0.05) is 26.7 Å². The number of anilines is 1. The summed E-state index contributed by atoms with van der Waals surface area (Å²) in [6.07, 6.45) is -0.203. The summed E-state index contributed by atoms with van der Waals surface area (Å²) < 4.78 is 34.7. The van der Waals surface area contributed by atoms with Gasteiger partial charge in [-0.15, -0.1) is 0 Å². The van der Waals surface area contributed by atoms with E-state index < -0.39 is 53.2 Å². The number of likely N-dealkylation sites (tertiary alicyclic amines) is 1. The molecule has 2 atom stereocenters. The van der Waals surface area contributed by atoms with E-state index in [0.29, 0.717) is 12.8 Å². The zero-order valence-corrected chi connectivity index (χ0v) is 20.9. The zero-order chi connectivity index (χ0) is 26.3. The Morgan fingerprint density at radius 2 is 1.83 bits per heavy atom. The summed E-state index contributed by atoms with van der Waals surface area (Å²) in [5, 5.41) is 2.39. The maximum atomic E-state index is 14.0. The number of nitrogens with one attached hydrogen (secondary N) is 1. The molecule has 3 amide bonds. The number of Topliss-reactive ketones (excluding diaryl/α,β-unsaturated/α-hetero) is 1. The van der Waals surface area contributed by atoms with E-state index in [0.717, 1.165) is 11.0 Å². The number of hydrogen-bond donors (Lipinski definition) is 1. The first kappa shape index (κ1) is 28.2. The standard InChI is InChI=1S/C24H33FN2O8/c1-24(2,3)35-23(31)27-13-14(9-7-12-17(32-4)33-5)19(28)18(22(27)30)21(29)26-16-11-8-10-15(25)20(16)34-6/h8,10-11,14,17-18H,7,9,12-13H2,1-6H3,(H,26,29). The lowest BCUT2D eigenvalue weighted by molar-refractivity contribution is -0.152. The Bertz CT molecular complexity index is 942. The van der Waals surface area contributed by atoms with Crippen molar-refractivity contribution in [1.82, 2.24) is 4.90 Å². The third-order valence-corrected chi connectivity index (χ3v) is 5.43. The van der Waals surface area contributed by atoms with Crippen molar-refractivity contribution in [2.24, 2.45) is 11.8 Å². The maximum Gasteiger partial charge on any atom is 0.417 e. The quantitative estimate of drug-likeness (QED) is 0.409. The van der Waals surface area contributed by atoms with Crippen LogP contribution in [0.25, 0.3) is 0 Å². The summed E-state index contributed by atoms with van der Waals surface area (Å²) in [6.45, 7) is 4.69. The van der Waals surface area contributed by atoms with Gasteiger partial charge in [-0.3, -0.25) is 14.4 Å². The van der Waals surface area contributed by atoms with E-state index >= 15 is 0 Å². The van der Waals surface area contributed by atoms with Gasteiger partial charge < -0.3 is 24.3 Å². The highest BCUT2D eigenvalue weighted by Gasteiger charge is 2.48. The number of benzene rings is 1. The molecule has 1 heterocycles. The fraction of sp³-hybridized carbons (Fsp3) is 0.583. The lowest BCUT2D eigenvalue weighted by Crippen LogP contribution is -2.57. The maximum absolute atomic E-state index is 14.0. The van der Waals surface area contributed by atoms with Gasteiger partial charge in [0.1, 0.15) is 5.60 Å². The Morgan fingerprint density at radius 3 is 2.40 bits per heavy atom. The Balaban J connectivity index is 2.31. The summed E-state index contributed by atoms with van der Waals surface area (Å²) in [5.74, 6) is -6.22. The predicted molar refractivity (Wildman–Crippen MR) is 123 cm³/mol. The van der Waals surface area contributed by atoms with Gasteiger partial charge in [0.05, 0.1) is 12.8 Å². The van der Waals surface area contributed by atoms with Crippen molar-refractivity contribution in [2.75, 3.05) is 33.2 Å². The van der Waals surface area contributed by atoms with Gasteiger partial charge >= 0.3 is 6.09 Å². The van der Waals surface area contributed by atoms with Crippen molar-refractivity contribution >= 4 is 29.4 Å². The molecule has 0 radical (unpaired) electrons. The second-order valence-electron chi connectivity index (χ2n) is 9.10. The van der Waals surface area contributed by atoms with E-state index in [1.165, 1.54) is 33.5 Å². The van der Waals surface area contributed by atoms with Crippen LogP contribution < -0.4 is 10.1 Å². The number of para-hydroxylation sites is 1. The van der Waals surface area contributed by atoms with Crippen LogP contribution in [0.4, 0.5) is 14.9 Å². The normalized spacial score (nSPS) is 18.6. The van der Waals surface area contributed by atoms with E-state index in [4.69, 9.17) is 18.9 Å². The molecule has 1 saturated heterocycles. The SMILES string of the molecule is COc1c(F)cccc1NC(=O)C1C(=O)C(CCCC(OC)OC)CN(C(=O)OC(C)(C)C)C1=O.